The van der Waals surface area contributed by atoms with E-state index in [-0.39, 0.29) is 6.10 Å². The van der Waals surface area contributed by atoms with Crippen molar-refractivity contribution in [1.29, 1.82) is 0 Å². The summed E-state index contributed by atoms with van der Waals surface area (Å²) in [7, 11) is 0. The summed E-state index contributed by atoms with van der Waals surface area (Å²) in [6, 6.07) is 9.60. The van der Waals surface area contributed by atoms with Crippen LogP contribution in [0.2, 0.25) is 0 Å². The Labute approximate surface area is 136 Å². The summed E-state index contributed by atoms with van der Waals surface area (Å²) in [5.41, 5.74) is 0. The van der Waals surface area contributed by atoms with Gasteiger partial charge in [-0.05, 0) is 25.0 Å². The molecule has 0 heterocycles. The van der Waals surface area contributed by atoms with Gasteiger partial charge in [0.25, 0.3) is 0 Å². The summed E-state index contributed by atoms with van der Waals surface area (Å²) < 4.78 is 5.68. The van der Waals surface area contributed by atoms with Crippen LogP contribution >= 0.6 is 0 Å². The predicted molar refractivity (Wildman–Crippen MR) is 93.4 cm³/mol. The number of hydrogen-bond donors (Lipinski definition) is 0. The average Bonchev–Trinajstić information content (AvgIpc) is 2.56. The highest BCUT2D eigenvalue weighted by Gasteiger charge is 2.08. The molecule has 0 saturated heterocycles. The van der Waals surface area contributed by atoms with Crippen LogP contribution in [-0.4, -0.2) is 12.4 Å². The summed E-state index contributed by atoms with van der Waals surface area (Å²) in [5.74, 6) is 0.784. The van der Waals surface area contributed by atoms with Crippen molar-refractivity contribution < 1.29 is 9.53 Å². The van der Waals surface area contributed by atoms with Gasteiger partial charge in [-0.1, -0.05) is 82.9 Å². The second kappa shape index (κ2) is 13.4. The zero-order valence-electron chi connectivity index (χ0n) is 14.1. The van der Waals surface area contributed by atoms with Crippen LogP contribution in [0.25, 0.3) is 0 Å². The smallest absolute Gasteiger partial charge is 0.160 e. The lowest BCUT2D eigenvalue weighted by Crippen LogP contribution is -2.17. The van der Waals surface area contributed by atoms with Crippen LogP contribution in [0.5, 0.6) is 5.75 Å². The molecule has 1 rings (SSSR count). The van der Waals surface area contributed by atoms with Gasteiger partial charge in [0.15, 0.2) is 12.4 Å². The van der Waals surface area contributed by atoms with Gasteiger partial charge in [-0.2, -0.15) is 0 Å². The molecule has 0 amide bonds. The first kappa shape index (κ1) is 18.7. The van der Waals surface area contributed by atoms with E-state index in [4.69, 9.17) is 4.74 Å². The maximum Gasteiger partial charge on any atom is 0.160 e. The van der Waals surface area contributed by atoms with Gasteiger partial charge in [0.05, 0.1) is 0 Å². The molecule has 124 valence electrons. The number of carbonyl (C=O) groups excluding carboxylic acids is 1. The molecule has 0 fully saturated rings. The number of carbonyl (C=O) groups is 1. The predicted octanol–water partition coefficient (Wildman–Crippen LogP) is 5.94. The molecule has 1 unspecified atom stereocenters. The Morgan fingerprint density at radius 3 is 1.95 bits per heavy atom. The Bertz CT molecular complexity index is 361. The van der Waals surface area contributed by atoms with Crippen molar-refractivity contribution >= 4 is 6.29 Å². The molecule has 0 radical (unpaired) electrons. The molecule has 1 aromatic carbocycles. The van der Waals surface area contributed by atoms with Crippen LogP contribution in [0, 0.1) is 0 Å². The van der Waals surface area contributed by atoms with Crippen LogP contribution in [0.4, 0.5) is 0 Å². The number of ether oxygens (including phenoxy) is 1. The van der Waals surface area contributed by atoms with Crippen molar-refractivity contribution in [2.24, 2.45) is 0 Å². The quantitative estimate of drug-likeness (QED) is 0.314. The summed E-state index contributed by atoms with van der Waals surface area (Å²) in [4.78, 5) is 11.1. The zero-order chi connectivity index (χ0) is 15.9. The van der Waals surface area contributed by atoms with Crippen LogP contribution in [0.1, 0.15) is 77.6 Å². The Balaban J connectivity index is 1.97. The first-order valence-electron chi connectivity index (χ1n) is 9.03. The van der Waals surface area contributed by atoms with Crippen LogP contribution in [0.15, 0.2) is 30.3 Å². The van der Waals surface area contributed by atoms with Gasteiger partial charge in [-0.25, -0.2) is 0 Å². The molecule has 0 N–H and O–H groups in total. The minimum atomic E-state index is -0.295. The normalized spacial score (nSPS) is 12.0. The van der Waals surface area contributed by atoms with Gasteiger partial charge < -0.3 is 4.74 Å². The van der Waals surface area contributed by atoms with E-state index in [1.165, 1.54) is 57.8 Å². The standard InChI is InChI=1S/C20H32O2/c1-2-3-4-5-6-7-8-9-10-12-17-20(18-21)22-19-15-13-11-14-16-19/h11,13-16,18,20H,2-10,12,17H2,1H3. The molecule has 0 bridgehead atoms. The van der Waals surface area contributed by atoms with Crippen LogP contribution in [0.3, 0.4) is 0 Å². The van der Waals surface area contributed by atoms with E-state index in [0.29, 0.717) is 0 Å². The average molecular weight is 304 g/mol. The molecule has 0 aliphatic carbocycles. The molecule has 1 atom stereocenters. The number of unbranched alkanes of at least 4 members (excludes halogenated alkanes) is 9. The number of rotatable bonds is 14. The lowest BCUT2D eigenvalue weighted by Gasteiger charge is -2.13. The van der Waals surface area contributed by atoms with E-state index < -0.39 is 0 Å². The Morgan fingerprint density at radius 2 is 1.41 bits per heavy atom. The third-order valence-electron chi connectivity index (χ3n) is 4.02. The number of aldehydes is 1. The van der Waals surface area contributed by atoms with E-state index >= 15 is 0 Å². The van der Waals surface area contributed by atoms with Crippen LogP contribution in [-0.2, 0) is 4.79 Å². The molecular weight excluding hydrogens is 272 g/mol. The van der Waals surface area contributed by atoms with Gasteiger partial charge in [-0.3, -0.25) is 4.79 Å². The Hall–Kier alpha value is -1.31. The molecular formula is C20H32O2. The molecule has 22 heavy (non-hydrogen) atoms. The molecule has 2 nitrogen and oxygen atoms in total. The van der Waals surface area contributed by atoms with Gasteiger partial charge in [0.1, 0.15) is 5.75 Å². The van der Waals surface area contributed by atoms with Crippen molar-refractivity contribution in [2.75, 3.05) is 0 Å². The third kappa shape index (κ3) is 9.59. The Morgan fingerprint density at radius 1 is 0.864 bits per heavy atom. The molecule has 0 aliphatic heterocycles. The van der Waals surface area contributed by atoms with Gasteiger partial charge >= 0.3 is 0 Å². The fraction of sp³-hybridized carbons (Fsp3) is 0.650. The summed E-state index contributed by atoms with van der Waals surface area (Å²) in [6.45, 7) is 2.26. The molecule has 0 aromatic heterocycles. The monoisotopic (exact) mass is 304 g/mol. The molecule has 0 aliphatic rings. The lowest BCUT2D eigenvalue weighted by molar-refractivity contribution is -0.114. The van der Waals surface area contributed by atoms with Crippen molar-refractivity contribution in [3.8, 4) is 5.75 Å². The second-order valence-corrected chi connectivity index (χ2v) is 6.08. The third-order valence-corrected chi connectivity index (χ3v) is 4.02. The van der Waals surface area contributed by atoms with E-state index in [1.807, 2.05) is 30.3 Å². The Kier molecular flexibility index (Phi) is 11.4. The van der Waals surface area contributed by atoms with E-state index in [1.54, 1.807) is 0 Å². The lowest BCUT2D eigenvalue weighted by atomic mass is 10.0. The van der Waals surface area contributed by atoms with Crippen molar-refractivity contribution in [2.45, 2.75) is 83.7 Å². The number of para-hydroxylation sites is 1. The fourth-order valence-electron chi connectivity index (χ4n) is 2.66. The number of benzene rings is 1. The van der Waals surface area contributed by atoms with Gasteiger partial charge in [0.2, 0.25) is 0 Å². The van der Waals surface area contributed by atoms with E-state index in [0.717, 1.165) is 24.9 Å². The summed E-state index contributed by atoms with van der Waals surface area (Å²) in [5, 5.41) is 0. The first-order chi connectivity index (χ1) is 10.9. The molecule has 0 saturated carbocycles. The van der Waals surface area contributed by atoms with E-state index in [9.17, 15) is 4.79 Å². The fourth-order valence-corrected chi connectivity index (χ4v) is 2.66. The highest BCUT2D eigenvalue weighted by atomic mass is 16.5. The maximum atomic E-state index is 11.1. The summed E-state index contributed by atoms with van der Waals surface area (Å²) >= 11 is 0. The first-order valence-corrected chi connectivity index (χ1v) is 9.03. The van der Waals surface area contributed by atoms with Crippen molar-refractivity contribution in [3.05, 3.63) is 30.3 Å². The number of hydrogen-bond acceptors (Lipinski definition) is 2. The van der Waals surface area contributed by atoms with Crippen LogP contribution < -0.4 is 4.74 Å². The highest BCUT2D eigenvalue weighted by Crippen LogP contribution is 2.15. The highest BCUT2D eigenvalue weighted by molar-refractivity contribution is 5.56. The van der Waals surface area contributed by atoms with Crippen molar-refractivity contribution in [3.63, 3.8) is 0 Å². The SMILES string of the molecule is CCCCCCCCCCCCC(C=O)Oc1ccccc1. The largest absolute Gasteiger partial charge is 0.483 e. The molecule has 0 spiro atoms. The van der Waals surface area contributed by atoms with E-state index in [2.05, 4.69) is 6.92 Å². The van der Waals surface area contributed by atoms with Gasteiger partial charge in [-0.15, -0.1) is 0 Å². The minimum Gasteiger partial charge on any atom is -0.483 e. The molecule has 2 heteroatoms. The second-order valence-electron chi connectivity index (χ2n) is 6.08. The minimum absolute atomic E-state index is 0.295. The topological polar surface area (TPSA) is 26.3 Å². The van der Waals surface area contributed by atoms with Crippen molar-refractivity contribution in [1.82, 2.24) is 0 Å². The summed E-state index contributed by atoms with van der Waals surface area (Å²) in [6.07, 6.45) is 14.6. The molecule has 1 aromatic rings. The zero-order valence-corrected chi connectivity index (χ0v) is 14.1. The van der Waals surface area contributed by atoms with Gasteiger partial charge in [0, 0.05) is 0 Å². The maximum absolute atomic E-state index is 11.1.